The minimum Gasteiger partial charge on any atom is -0.385 e. The monoisotopic (exact) mass is 842 g/mol. The second kappa shape index (κ2) is 16.2. The van der Waals surface area contributed by atoms with Crippen LogP contribution in [0.3, 0.4) is 0 Å². The molecule has 19 heteroatoms. The number of imide groups is 1. The zero-order valence-electron chi connectivity index (χ0n) is 34.0. The molecule has 6 fully saturated rings. The normalized spacial score (nSPS) is 26.9. The van der Waals surface area contributed by atoms with Gasteiger partial charge in [-0.3, -0.25) is 29.3 Å². The Morgan fingerprint density at radius 1 is 1.00 bits per heavy atom. The summed E-state index contributed by atoms with van der Waals surface area (Å²) in [4.78, 5) is 51.0. The molecule has 3 aromatic heterocycles. The number of amides is 3. The summed E-state index contributed by atoms with van der Waals surface area (Å²) in [7, 11) is 0. The lowest BCUT2D eigenvalue weighted by Crippen LogP contribution is -2.67. The molecule has 17 nitrogen and oxygen atoms in total. The number of carbonyl (C=O) groups excluding carboxylic acids is 3. The van der Waals surface area contributed by atoms with Gasteiger partial charge in [-0.1, -0.05) is 0 Å². The van der Waals surface area contributed by atoms with Crippen molar-refractivity contribution in [3.63, 3.8) is 0 Å². The zero-order valence-corrected chi connectivity index (χ0v) is 34.0. The second-order valence-corrected chi connectivity index (χ2v) is 17.8. The molecule has 324 valence electrons. The number of nitrogens with zero attached hydrogens (tertiary/aromatic N) is 9. The lowest BCUT2D eigenvalue weighted by molar-refractivity contribution is -0.133. The number of hydrogen-bond acceptors (Lipinski definition) is 13. The van der Waals surface area contributed by atoms with E-state index in [1.807, 2.05) is 30.3 Å². The van der Waals surface area contributed by atoms with Crippen molar-refractivity contribution in [2.24, 2.45) is 5.92 Å². The van der Waals surface area contributed by atoms with Crippen LogP contribution in [0.2, 0.25) is 0 Å². The van der Waals surface area contributed by atoms with E-state index in [9.17, 15) is 28.3 Å². The standard InChI is InChI=1S/C42H52F2N12O5/c43-38(44)37-34(47-40(58)32-18-45-55-12-11-35(48-39(32)55)54-20-31-17-30(54)22-61-31)21-56(50-37)29-5-1-26(2-6-29)19-51-13-15-52(16-14-51)23-42(60)24-53(25-42)28-7-3-27(4-8-28)46-33-9-10-36(57)49-41(33)59/h3-4,7-8,11-12,18,21,26,29-31,33,38,46,60H,1-2,5-6,9-10,13-17,19-20,22-25H2,(H,47,58)(H,49,57,59)/t26?,29?,30-,31-,33?/m1/s1. The summed E-state index contributed by atoms with van der Waals surface area (Å²) in [5, 5.41) is 28.2. The van der Waals surface area contributed by atoms with E-state index in [4.69, 9.17) is 9.72 Å². The molecule has 8 heterocycles. The highest BCUT2D eigenvalue weighted by Gasteiger charge is 2.43. The second-order valence-electron chi connectivity index (χ2n) is 17.8. The van der Waals surface area contributed by atoms with Gasteiger partial charge in [0.25, 0.3) is 12.3 Å². The number of fused-ring (bicyclic) bond motifs is 3. The van der Waals surface area contributed by atoms with E-state index >= 15 is 0 Å². The quantitative estimate of drug-likeness (QED) is 0.153. The number of nitrogens with one attached hydrogen (secondary N) is 3. The van der Waals surface area contributed by atoms with Crippen molar-refractivity contribution in [2.45, 2.75) is 81.2 Å². The van der Waals surface area contributed by atoms with Crippen molar-refractivity contribution in [2.75, 3.05) is 85.9 Å². The number of hydrogen-bond donors (Lipinski definition) is 4. The largest absolute Gasteiger partial charge is 0.385 e. The summed E-state index contributed by atoms with van der Waals surface area (Å²) >= 11 is 0. The summed E-state index contributed by atoms with van der Waals surface area (Å²) in [6, 6.07) is 9.46. The number of aliphatic hydroxyl groups is 1. The maximum Gasteiger partial charge on any atom is 0.284 e. The molecule has 0 radical (unpaired) electrons. The molecule has 0 spiro atoms. The smallest absolute Gasteiger partial charge is 0.284 e. The predicted molar refractivity (Wildman–Crippen MR) is 221 cm³/mol. The van der Waals surface area contributed by atoms with Gasteiger partial charge in [0.15, 0.2) is 11.3 Å². The Balaban J connectivity index is 0.671. The Morgan fingerprint density at radius 3 is 2.48 bits per heavy atom. The summed E-state index contributed by atoms with van der Waals surface area (Å²) in [6.45, 7) is 7.73. The van der Waals surface area contributed by atoms with Gasteiger partial charge < -0.3 is 35.2 Å². The highest BCUT2D eigenvalue weighted by Crippen LogP contribution is 2.37. The van der Waals surface area contributed by atoms with Crippen molar-refractivity contribution in [1.29, 1.82) is 0 Å². The molecule has 4 aromatic rings. The summed E-state index contributed by atoms with van der Waals surface area (Å²) in [5.41, 5.74) is 1.16. The number of carbonyl (C=O) groups is 3. The lowest BCUT2D eigenvalue weighted by atomic mass is 9.85. The number of benzene rings is 1. The molecule has 3 amide bonds. The van der Waals surface area contributed by atoms with Gasteiger partial charge in [-0.25, -0.2) is 18.3 Å². The van der Waals surface area contributed by atoms with E-state index in [1.54, 1.807) is 17.1 Å². The fourth-order valence-corrected chi connectivity index (χ4v) is 10.2. The van der Waals surface area contributed by atoms with Crippen molar-refractivity contribution < 1.29 is 33.0 Å². The van der Waals surface area contributed by atoms with E-state index < -0.39 is 29.7 Å². The first-order chi connectivity index (χ1) is 29.5. The van der Waals surface area contributed by atoms with Crippen LogP contribution < -0.4 is 25.8 Å². The average molecular weight is 843 g/mol. The Kier molecular flexibility index (Phi) is 10.6. The number of morpholine rings is 1. The maximum absolute atomic E-state index is 14.3. The highest BCUT2D eigenvalue weighted by molar-refractivity contribution is 6.08. The van der Waals surface area contributed by atoms with E-state index in [-0.39, 0.29) is 41.3 Å². The molecule has 1 aliphatic carbocycles. The van der Waals surface area contributed by atoms with Gasteiger partial charge in [-0.2, -0.15) is 10.2 Å². The van der Waals surface area contributed by atoms with E-state index in [2.05, 4.69) is 45.7 Å². The molecule has 6 aliphatic rings. The third kappa shape index (κ3) is 8.27. The Hall–Kier alpha value is -5.24. The minimum absolute atomic E-state index is 0.000920. The van der Waals surface area contributed by atoms with Crippen molar-refractivity contribution in [3.8, 4) is 0 Å². The van der Waals surface area contributed by atoms with Crippen LogP contribution in [-0.4, -0.2) is 146 Å². The Bertz CT molecular complexity index is 2260. The average Bonchev–Trinajstić information content (AvgIpc) is 4.07. The summed E-state index contributed by atoms with van der Waals surface area (Å²) < 4.78 is 37.4. The van der Waals surface area contributed by atoms with Crippen LogP contribution in [0.4, 0.5) is 31.7 Å². The van der Waals surface area contributed by atoms with Gasteiger partial charge in [-0.05, 0) is 74.8 Å². The van der Waals surface area contributed by atoms with Crippen LogP contribution in [0.15, 0.2) is 48.9 Å². The first kappa shape index (κ1) is 39.9. The fraction of sp³-hybridized carbons (Fsp3) is 0.571. The van der Waals surface area contributed by atoms with Crippen LogP contribution in [0.5, 0.6) is 0 Å². The topological polar surface area (TPSA) is 178 Å². The number of halogens is 2. The molecule has 4 N–H and O–H groups in total. The van der Waals surface area contributed by atoms with Crippen LogP contribution >= 0.6 is 0 Å². The molecule has 61 heavy (non-hydrogen) atoms. The highest BCUT2D eigenvalue weighted by atomic mass is 19.3. The molecule has 1 saturated carbocycles. The third-order valence-corrected chi connectivity index (χ3v) is 13.5. The number of alkyl halides is 2. The van der Waals surface area contributed by atoms with Crippen molar-refractivity contribution >= 4 is 46.2 Å². The first-order valence-electron chi connectivity index (χ1n) is 21.6. The number of piperazine rings is 1. The molecule has 5 aliphatic heterocycles. The van der Waals surface area contributed by atoms with Gasteiger partial charge in [0, 0.05) is 89.1 Å². The van der Waals surface area contributed by atoms with Crippen LogP contribution in [0, 0.1) is 5.92 Å². The number of ether oxygens (including phenoxy) is 1. The maximum atomic E-state index is 14.3. The summed E-state index contributed by atoms with van der Waals surface area (Å²) in [6.07, 6.45) is 7.33. The lowest BCUT2D eigenvalue weighted by Gasteiger charge is -2.50. The first-order valence-corrected chi connectivity index (χ1v) is 21.6. The number of β-amino-alcohol motifs (C(OH)–C–C–N with tert-alkyl or cyclic N) is 1. The number of piperidine rings is 1. The third-order valence-electron chi connectivity index (χ3n) is 13.5. The number of aromatic nitrogens is 5. The SMILES string of the molecule is O=C1CCC(Nc2ccc(N3CC(O)(CN4CCN(CC5CCC(n6cc(NC(=O)c7cnn8ccc(N9C[C@H]%10C[C@@H]9CO%10)nc78)c(C(F)F)n6)CC5)CC4)C3)cc2)C(=O)N1. The fourth-order valence-electron chi connectivity index (χ4n) is 10.2. The number of rotatable bonds is 12. The minimum atomic E-state index is -2.85. The zero-order chi connectivity index (χ0) is 41.8. The predicted octanol–water partition coefficient (Wildman–Crippen LogP) is 2.91. The van der Waals surface area contributed by atoms with E-state index in [0.29, 0.717) is 50.6 Å². The van der Waals surface area contributed by atoms with Gasteiger partial charge in [0.2, 0.25) is 11.8 Å². The Labute approximate surface area is 351 Å². The molecule has 3 atom stereocenters. The Morgan fingerprint density at radius 2 is 1.77 bits per heavy atom. The summed E-state index contributed by atoms with van der Waals surface area (Å²) in [5.74, 6) is 0.132. The van der Waals surface area contributed by atoms with Crippen molar-refractivity contribution in [1.82, 2.24) is 39.5 Å². The molecule has 1 aromatic carbocycles. The molecule has 1 unspecified atom stereocenters. The molecular formula is C42H52F2N12O5. The van der Waals surface area contributed by atoms with Crippen LogP contribution in [-0.2, 0) is 14.3 Å². The number of anilines is 4. The van der Waals surface area contributed by atoms with E-state index in [0.717, 1.165) is 88.6 Å². The van der Waals surface area contributed by atoms with Crippen LogP contribution in [0.25, 0.3) is 5.65 Å². The van der Waals surface area contributed by atoms with Crippen molar-refractivity contribution in [3.05, 3.63) is 60.2 Å². The van der Waals surface area contributed by atoms with Crippen LogP contribution in [0.1, 0.15) is 73.5 Å². The van der Waals surface area contributed by atoms with Gasteiger partial charge in [0.1, 0.15) is 23.0 Å². The van der Waals surface area contributed by atoms with Gasteiger partial charge >= 0.3 is 0 Å². The molecule has 2 bridgehead atoms. The molecule has 10 rings (SSSR count). The van der Waals surface area contributed by atoms with Gasteiger partial charge in [-0.15, -0.1) is 0 Å². The van der Waals surface area contributed by atoms with E-state index in [1.165, 1.54) is 10.7 Å². The van der Waals surface area contributed by atoms with Gasteiger partial charge in [0.05, 0.1) is 36.7 Å². The molecular weight excluding hydrogens is 791 g/mol. The molecule has 5 saturated heterocycles.